The fourth-order valence-electron chi connectivity index (χ4n) is 4.11. The number of para-hydroxylation sites is 1. The van der Waals surface area contributed by atoms with Crippen LogP contribution < -0.4 is 5.32 Å². The van der Waals surface area contributed by atoms with Crippen LogP contribution in [0.5, 0.6) is 0 Å². The summed E-state index contributed by atoms with van der Waals surface area (Å²) in [6.45, 7) is 9.26. The highest BCUT2D eigenvalue weighted by atomic mass is 127. The summed E-state index contributed by atoms with van der Waals surface area (Å²) < 4.78 is 11.3. The molecule has 31 heavy (non-hydrogen) atoms. The highest BCUT2D eigenvalue weighted by Crippen LogP contribution is 2.24. The molecule has 1 aromatic heterocycles. The number of ether oxygens (including phenoxy) is 1. The van der Waals surface area contributed by atoms with E-state index in [1.54, 1.807) is 0 Å². The number of carbonyl (C=O) groups is 1. The Bertz CT molecular complexity index is 902. The molecule has 9 heteroatoms. The van der Waals surface area contributed by atoms with Gasteiger partial charge in [-0.05, 0) is 13.0 Å². The number of nitrogens with one attached hydrogen (secondary N) is 1. The summed E-state index contributed by atoms with van der Waals surface area (Å²) in [5.41, 5.74) is 2.08. The van der Waals surface area contributed by atoms with Crippen LogP contribution in [-0.2, 0) is 16.1 Å². The number of aryl methyl sites for hydroxylation is 1. The first kappa shape index (κ1) is 23.8. The Balaban J connectivity index is 0.00000272. The van der Waals surface area contributed by atoms with Crippen LogP contribution in [0.3, 0.4) is 0 Å². The van der Waals surface area contributed by atoms with Crippen LogP contribution in [0.15, 0.2) is 33.7 Å². The van der Waals surface area contributed by atoms with Gasteiger partial charge < -0.3 is 24.3 Å². The Hall–Kier alpha value is -1.85. The first-order chi connectivity index (χ1) is 14.7. The molecular weight excluding hydrogens is 509 g/mol. The molecule has 4 rings (SSSR count). The molecule has 0 aliphatic carbocycles. The maximum absolute atomic E-state index is 12.5. The van der Waals surface area contributed by atoms with Crippen molar-refractivity contribution in [3.8, 4) is 0 Å². The largest absolute Gasteiger partial charge is 0.459 e. The standard InChI is InChI=1S/C22H31N5O3.HI/c1-17-18-5-3-4-6-19(18)30-20(17)15-24-22(23-2)27-9-7-25(8-10-27)16-21(28)26-11-13-29-14-12-26;/h3-6H,7-16H2,1-2H3,(H,23,24);1H. The number of aliphatic imine (C=N–C) groups is 1. The maximum atomic E-state index is 12.5. The lowest BCUT2D eigenvalue weighted by Gasteiger charge is -2.37. The van der Waals surface area contributed by atoms with Crippen LogP contribution in [0.25, 0.3) is 11.0 Å². The van der Waals surface area contributed by atoms with E-state index < -0.39 is 0 Å². The lowest BCUT2D eigenvalue weighted by molar-refractivity contribution is -0.136. The highest BCUT2D eigenvalue weighted by Gasteiger charge is 2.24. The number of benzene rings is 1. The van der Waals surface area contributed by atoms with Gasteiger partial charge in [0.25, 0.3) is 0 Å². The summed E-state index contributed by atoms with van der Waals surface area (Å²) in [5.74, 6) is 2.01. The van der Waals surface area contributed by atoms with E-state index in [0.29, 0.717) is 39.4 Å². The number of hydrogen-bond acceptors (Lipinski definition) is 5. The molecule has 1 N–H and O–H groups in total. The van der Waals surface area contributed by atoms with Crippen molar-refractivity contribution in [2.75, 3.05) is 66.1 Å². The molecule has 0 bridgehead atoms. The third-order valence-electron chi connectivity index (χ3n) is 5.96. The van der Waals surface area contributed by atoms with Gasteiger partial charge in [-0.25, -0.2) is 0 Å². The lowest BCUT2D eigenvalue weighted by atomic mass is 10.1. The van der Waals surface area contributed by atoms with Gasteiger partial charge in [-0.15, -0.1) is 24.0 Å². The van der Waals surface area contributed by atoms with Crippen LogP contribution in [-0.4, -0.2) is 92.6 Å². The number of carbonyl (C=O) groups excluding carboxylic acids is 1. The zero-order valence-corrected chi connectivity index (χ0v) is 20.6. The van der Waals surface area contributed by atoms with Crippen LogP contribution >= 0.6 is 24.0 Å². The van der Waals surface area contributed by atoms with Crippen molar-refractivity contribution in [2.24, 2.45) is 4.99 Å². The van der Waals surface area contributed by atoms with Crippen molar-refractivity contribution in [1.82, 2.24) is 20.0 Å². The molecule has 8 nitrogen and oxygen atoms in total. The monoisotopic (exact) mass is 541 g/mol. The SMILES string of the molecule is CN=C(NCc1oc2ccccc2c1C)N1CCN(CC(=O)N2CCOCC2)CC1.I. The number of piperazine rings is 1. The molecule has 0 unspecified atom stereocenters. The van der Waals surface area contributed by atoms with Crippen molar-refractivity contribution in [2.45, 2.75) is 13.5 Å². The molecule has 2 aliphatic rings. The van der Waals surface area contributed by atoms with Crippen molar-refractivity contribution >= 4 is 46.8 Å². The van der Waals surface area contributed by atoms with E-state index in [0.717, 1.165) is 48.9 Å². The van der Waals surface area contributed by atoms with Crippen LogP contribution in [0.4, 0.5) is 0 Å². The minimum atomic E-state index is 0. The number of fused-ring (bicyclic) bond motifs is 1. The van der Waals surface area contributed by atoms with Crippen LogP contribution in [0.2, 0.25) is 0 Å². The van der Waals surface area contributed by atoms with Gasteiger partial charge in [0.2, 0.25) is 5.91 Å². The first-order valence-electron chi connectivity index (χ1n) is 10.7. The van der Waals surface area contributed by atoms with Gasteiger partial charge in [0.1, 0.15) is 11.3 Å². The third-order valence-corrected chi connectivity index (χ3v) is 5.96. The minimum Gasteiger partial charge on any atom is -0.459 e. The molecule has 3 heterocycles. The Kier molecular flexibility index (Phi) is 8.56. The van der Waals surface area contributed by atoms with E-state index in [-0.39, 0.29) is 29.9 Å². The highest BCUT2D eigenvalue weighted by molar-refractivity contribution is 14.0. The molecule has 2 saturated heterocycles. The van der Waals surface area contributed by atoms with E-state index in [9.17, 15) is 4.79 Å². The van der Waals surface area contributed by atoms with Gasteiger partial charge in [0, 0.05) is 57.3 Å². The third kappa shape index (κ3) is 5.69. The fraction of sp³-hybridized carbons (Fsp3) is 0.545. The number of hydrogen-bond donors (Lipinski definition) is 1. The second kappa shape index (κ2) is 11.1. The summed E-state index contributed by atoms with van der Waals surface area (Å²) in [6.07, 6.45) is 0. The minimum absolute atomic E-state index is 0. The second-order valence-electron chi connectivity index (χ2n) is 7.80. The Morgan fingerprint density at radius 3 is 2.45 bits per heavy atom. The summed E-state index contributed by atoms with van der Waals surface area (Å²) in [5, 5.41) is 4.59. The molecule has 170 valence electrons. The molecule has 0 atom stereocenters. The van der Waals surface area contributed by atoms with Gasteiger partial charge in [-0.3, -0.25) is 14.7 Å². The van der Waals surface area contributed by atoms with Crippen LogP contribution in [0, 0.1) is 6.92 Å². The predicted octanol–water partition coefficient (Wildman–Crippen LogP) is 1.91. The number of amides is 1. The summed E-state index contributed by atoms with van der Waals surface area (Å²) in [7, 11) is 1.81. The van der Waals surface area contributed by atoms with Gasteiger partial charge in [0.05, 0.1) is 26.3 Å². The molecule has 0 radical (unpaired) electrons. The molecule has 1 aromatic carbocycles. The zero-order valence-electron chi connectivity index (χ0n) is 18.3. The topological polar surface area (TPSA) is 73.6 Å². The average Bonchev–Trinajstić information content (AvgIpc) is 3.11. The predicted molar refractivity (Wildman–Crippen MR) is 132 cm³/mol. The Morgan fingerprint density at radius 2 is 1.77 bits per heavy atom. The van der Waals surface area contributed by atoms with Crippen molar-refractivity contribution in [3.63, 3.8) is 0 Å². The quantitative estimate of drug-likeness (QED) is 0.363. The smallest absolute Gasteiger partial charge is 0.236 e. The molecule has 1 amide bonds. The Labute approximate surface area is 200 Å². The number of rotatable bonds is 4. The summed E-state index contributed by atoms with van der Waals surface area (Å²) in [4.78, 5) is 23.3. The van der Waals surface area contributed by atoms with Crippen LogP contribution in [0.1, 0.15) is 11.3 Å². The number of furan rings is 1. The van der Waals surface area contributed by atoms with E-state index in [4.69, 9.17) is 9.15 Å². The van der Waals surface area contributed by atoms with E-state index in [1.165, 1.54) is 5.56 Å². The number of morpholine rings is 1. The van der Waals surface area contributed by atoms with Crippen molar-refractivity contribution < 1.29 is 13.9 Å². The Morgan fingerprint density at radius 1 is 1.06 bits per heavy atom. The zero-order chi connectivity index (χ0) is 20.9. The van der Waals surface area contributed by atoms with Gasteiger partial charge in [-0.2, -0.15) is 0 Å². The number of guanidine groups is 1. The maximum Gasteiger partial charge on any atom is 0.236 e. The molecule has 2 aromatic rings. The molecule has 2 fully saturated rings. The number of halogens is 1. The molecule has 2 aliphatic heterocycles. The average molecular weight is 541 g/mol. The van der Waals surface area contributed by atoms with E-state index in [1.807, 2.05) is 30.1 Å². The van der Waals surface area contributed by atoms with E-state index in [2.05, 4.69) is 33.1 Å². The first-order valence-corrected chi connectivity index (χ1v) is 10.7. The summed E-state index contributed by atoms with van der Waals surface area (Å²) >= 11 is 0. The summed E-state index contributed by atoms with van der Waals surface area (Å²) in [6, 6.07) is 8.11. The fourth-order valence-corrected chi connectivity index (χ4v) is 4.11. The molecule has 0 saturated carbocycles. The van der Waals surface area contributed by atoms with Crippen molar-refractivity contribution in [3.05, 3.63) is 35.6 Å². The van der Waals surface area contributed by atoms with Crippen molar-refractivity contribution in [1.29, 1.82) is 0 Å². The lowest BCUT2D eigenvalue weighted by Crippen LogP contribution is -2.54. The molecular formula is C22H32IN5O3. The van der Waals surface area contributed by atoms with Gasteiger partial charge >= 0.3 is 0 Å². The van der Waals surface area contributed by atoms with E-state index >= 15 is 0 Å². The normalized spacial score (nSPS) is 18.2. The second-order valence-corrected chi connectivity index (χ2v) is 7.80. The van der Waals surface area contributed by atoms with Gasteiger partial charge in [-0.1, -0.05) is 18.2 Å². The number of nitrogens with zero attached hydrogens (tertiary/aromatic N) is 4. The molecule has 0 spiro atoms. The van der Waals surface area contributed by atoms with Gasteiger partial charge in [0.15, 0.2) is 5.96 Å².